The molecule has 1 N–H and O–H groups in total. The zero-order chi connectivity index (χ0) is 16.7. The molecule has 3 aromatic heterocycles. The summed E-state index contributed by atoms with van der Waals surface area (Å²) < 4.78 is 16.3. The SMILES string of the molecule is CCn1cc(-c2cc(=O)n3[nH]cc(-c4ccc(F)cc4)c3n2)cn1. The molecule has 120 valence electrons. The highest BCUT2D eigenvalue weighted by Crippen LogP contribution is 2.24. The van der Waals surface area contributed by atoms with Gasteiger partial charge in [-0.3, -0.25) is 14.6 Å². The van der Waals surface area contributed by atoms with Gasteiger partial charge < -0.3 is 0 Å². The molecule has 0 aliphatic rings. The highest BCUT2D eigenvalue weighted by Gasteiger charge is 2.13. The highest BCUT2D eigenvalue weighted by atomic mass is 19.1. The highest BCUT2D eigenvalue weighted by molar-refractivity contribution is 5.78. The molecule has 1 aromatic carbocycles. The first-order valence-electron chi connectivity index (χ1n) is 7.55. The molecule has 0 amide bonds. The summed E-state index contributed by atoms with van der Waals surface area (Å²) in [7, 11) is 0. The minimum atomic E-state index is -0.309. The Kier molecular flexibility index (Phi) is 3.26. The van der Waals surface area contributed by atoms with Crippen molar-refractivity contribution in [3.8, 4) is 22.4 Å². The van der Waals surface area contributed by atoms with E-state index >= 15 is 0 Å². The number of hydrogen-bond acceptors (Lipinski definition) is 3. The average molecular weight is 323 g/mol. The minimum absolute atomic E-state index is 0.215. The fraction of sp³-hybridized carbons (Fsp3) is 0.118. The van der Waals surface area contributed by atoms with E-state index in [1.54, 1.807) is 29.2 Å². The Morgan fingerprint density at radius 3 is 2.71 bits per heavy atom. The lowest BCUT2D eigenvalue weighted by molar-refractivity contribution is 0.628. The van der Waals surface area contributed by atoms with E-state index in [0.717, 1.165) is 23.2 Å². The number of nitrogens with zero attached hydrogens (tertiary/aromatic N) is 4. The van der Waals surface area contributed by atoms with Crippen molar-refractivity contribution in [2.45, 2.75) is 13.5 Å². The van der Waals surface area contributed by atoms with Crippen molar-refractivity contribution in [2.24, 2.45) is 0 Å². The van der Waals surface area contributed by atoms with Crippen LogP contribution in [-0.2, 0) is 6.54 Å². The van der Waals surface area contributed by atoms with Crippen LogP contribution in [0.2, 0.25) is 0 Å². The zero-order valence-corrected chi connectivity index (χ0v) is 12.9. The number of hydrogen-bond donors (Lipinski definition) is 1. The fourth-order valence-corrected chi connectivity index (χ4v) is 2.64. The first-order valence-corrected chi connectivity index (χ1v) is 7.55. The average Bonchev–Trinajstić information content (AvgIpc) is 3.22. The number of halogens is 1. The second kappa shape index (κ2) is 5.45. The van der Waals surface area contributed by atoms with E-state index in [1.165, 1.54) is 22.7 Å². The van der Waals surface area contributed by atoms with Crippen molar-refractivity contribution < 1.29 is 4.39 Å². The number of rotatable bonds is 3. The number of aromatic nitrogens is 5. The third kappa shape index (κ3) is 2.30. The van der Waals surface area contributed by atoms with Gasteiger partial charge in [0.2, 0.25) is 0 Å². The van der Waals surface area contributed by atoms with Crippen LogP contribution in [0.25, 0.3) is 28.0 Å². The summed E-state index contributed by atoms with van der Waals surface area (Å²) in [5.41, 5.74) is 3.13. The lowest BCUT2D eigenvalue weighted by Crippen LogP contribution is -2.14. The minimum Gasteiger partial charge on any atom is -0.296 e. The van der Waals surface area contributed by atoms with E-state index in [1.807, 2.05) is 13.1 Å². The molecule has 6 nitrogen and oxygen atoms in total. The van der Waals surface area contributed by atoms with Gasteiger partial charge >= 0.3 is 0 Å². The Balaban J connectivity index is 1.91. The predicted octanol–water partition coefficient (Wildman–Crippen LogP) is 2.71. The van der Waals surface area contributed by atoms with Gasteiger partial charge in [-0.1, -0.05) is 12.1 Å². The van der Waals surface area contributed by atoms with Gasteiger partial charge in [0.05, 0.1) is 11.9 Å². The standard InChI is InChI=1S/C17H14FN5O/c1-2-22-10-12(8-19-22)15-7-16(24)23-17(21-15)14(9-20-23)11-3-5-13(18)6-4-11/h3-10,20H,2H2,1H3. The van der Waals surface area contributed by atoms with Gasteiger partial charge in [0.1, 0.15) is 5.82 Å². The number of benzene rings is 1. The summed E-state index contributed by atoms with van der Waals surface area (Å²) in [5, 5.41) is 7.11. The van der Waals surface area contributed by atoms with E-state index < -0.39 is 0 Å². The Morgan fingerprint density at radius 1 is 1.21 bits per heavy atom. The lowest BCUT2D eigenvalue weighted by Gasteiger charge is -2.01. The number of fused-ring (bicyclic) bond motifs is 1. The van der Waals surface area contributed by atoms with Crippen molar-refractivity contribution in [2.75, 3.05) is 0 Å². The summed E-state index contributed by atoms with van der Waals surface area (Å²) in [4.78, 5) is 16.9. The van der Waals surface area contributed by atoms with E-state index in [0.29, 0.717) is 11.3 Å². The number of nitrogens with one attached hydrogen (secondary N) is 1. The Bertz CT molecular complexity index is 1070. The van der Waals surface area contributed by atoms with E-state index in [9.17, 15) is 9.18 Å². The molecule has 7 heteroatoms. The maximum Gasteiger partial charge on any atom is 0.273 e. The molecule has 0 aliphatic carbocycles. The van der Waals surface area contributed by atoms with Crippen molar-refractivity contribution in [3.63, 3.8) is 0 Å². The van der Waals surface area contributed by atoms with Crippen LogP contribution in [0.15, 0.2) is 53.7 Å². The third-order valence-electron chi connectivity index (χ3n) is 3.91. The number of H-pyrrole nitrogens is 1. The van der Waals surface area contributed by atoms with Crippen LogP contribution in [0.1, 0.15) is 6.92 Å². The summed E-state index contributed by atoms with van der Waals surface area (Å²) in [6.45, 7) is 2.73. The van der Waals surface area contributed by atoms with Crippen LogP contribution in [0.5, 0.6) is 0 Å². The maximum absolute atomic E-state index is 13.1. The van der Waals surface area contributed by atoms with Gasteiger partial charge in [0.15, 0.2) is 5.65 Å². The van der Waals surface area contributed by atoms with Gasteiger partial charge in [-0.05, 0) is 24.6 Å². The molecule has 0 unspecified atom stereocenters. The normalized spacial score (nSPS) is 11.2. The largest absolute Gasteiger partial charge is 0.296 e. The second-order valence-corrected chi connectivity index (χ2v) is 5.42. The van der Waals surface area contributed by atoms with Crippen LogP contribution in [0.3, 0.4) is 0 Å². The van der Waals surface area contributed by atoms with Gasteiger partial charge in [-0.15, -0.1) is 0 Å². The summed E-state index contributed by atoms with van der Waals surface area (Å²) in [6, 6.07) is 7.55. The molecular weight excluding hydrogens is 309 g/mol. The van der Waals surface area contributed by atoms with Crippen molar-refractivity contribution in [1.29, 1.82) is 0 Å². The third-order valence-corrected chi connectivity index (χ3v) is 3.91. The number of aromatic amines is 1. The molecule has 0 saturated carbocycles. The topological polar surface area (TPSA) is 68.0 Å². The lowest BCUT2D eigenvalue weighted by atomic mass is 10.1. The zero-order valence-electron chi connectivity index (χ0n) is 12.9. The molecule has 0 spiro atoms. The van der Waals surface area contributed by atoms with Crippen LogP contribution in [0.4, 0.5) is 4.39 Å². The molecule has 3 heterocycles. The first-order chi connectivity index (χ1) is 11.7. The van der Waals surface area contributed by atoms with Crippen molar-refractivity contribution in [3.05, 3.63) is 65.1 Å². The van der Waals surface area contributed by atoms with Crippen LogP contribution < -0.4 is 5.56 Å². The van der Waals surface area contributed by atoms with Gasteiger partial charge in [0.25, 0.3) is 5.56 Å². The molecule has 0 fully saturated rings. The van der Waals surface area contributed by atoms with Crippen LogP contribution >= 0.6 is 0 Å². The quantitative estimate of drug-likeness (QED) is 0.630. The van der Waals surface area contributed by atoms with Crippen molar-refractivity contribution in [1.82, 2.24) is 24.4 Å². The Labute approximate surface area is 136 Å². The van der Waals surface area contributed by atoms with Crippen molar-refractivity contribution >= 4 is 5.65 Å². The summed E-state index contributed by atoms with van der Waals surface area (Å²) in [5.74, 6) is -0.309. The predicted molar refractivity (Wildman–Crippen MR) is 88.1 cm³/mol. The molecule has 0 radical (unpaired) electrons. The smallest absolute Gasteiger partial charge is 0.273 e. The molecular formula is C17H14FN5O. The maximum atomic E-state index is 13.1. The Morgan fingerprint density at radius 2 is 2.00 bits per heavy atom. The number of aryl methyl sites for hydroxylation is 1. The van der Waals surface area contributed by atoms with E-state index in [-0.39, 0.29) is 11.4 Å². The van der Waals surface area contributed by atoms with Gasteiger partial charge in [-0.2, -0.15) is 5.10 Å². The molecule has 0 atom stereocenters. The van der Waals surface area contributed by atoms with E-state index in [2.05, 4.69) is 15.2 Å². The second-order valence-electron chi connectivity index (χ2n) is 5.42. The summed E-state index contributed by atoms with van der Waals surface area (Å²) >= 11 is 0. The van der Waals surface area contributed by atoms with Gasteiger partial charge in [0, 0.05) is 36.1 Å². The molecule has 0 saturated heterocycles. The molecule has 4 rings (SSSR count). The van der Waals surface area contributed by atoms with E-state index in [4.69, 9.17) is 0 Å². The molecule has 0 aliphatic heterocycles. The molecule has 24 heavy (non-hydrogen) atoms. The molecule has 4 aromatic rings. The van der Waals surface area contributed by atoms with Crippen LogP contribution in [-0.4, -0.2) is 24.4 Å². The molecule has 0 bridgehead atoms. The van der Waals surface area contributed by atoms with Crippen LogP contribution in [0, 0.1) is 5.82 Å². The summed E-state index contributed by atoms with van der Waals surface area (Å²) in [6.07, 6.45) is 5.23. The Hall–Kier alpha value is -3.22. The first kappa shape index (κ1) is 14.4. The van der Waals surface area contributed by atoms with Gasteiger partial charge in [-0.25, -0.2) is 13.9 Å². The monoisotopic (exact) mass is 323 g/mol. The fourth-order valence-electron chi connectivity index (χ4n) is 2.64.